The van der Waals surface area contributed by atoms with Crippen molar-refractivity contribution in [3.63, 3.8) is 0 Å². The third kappa shape index (κ3) is 4.05. The zero-order valence-electron chi connectivity index (χ0n) is 13.4. The summed E-state index contributed by atoms with van der Waals surface area (Å²) in [6.45, 7) is 0.0363. The molecule has 2 aromatic carbocycles. The molecule has 24 heavy (non-hydrogen) atoms. The van der Waals surface area contributed by atoms with Crippen LogP contribution in [0, 0.1) is 0 Å². The Labute approximate surface area is 148 Å². The highest BCUT2D eigenvalue weighted by atomic mass is 79.9. The summed E-state index contributed by atoms with van der Waals surface area (Å²) in [7, 11) is 3.02. The number of primary amides is 1. The molecule has 0 unspecified atom stereocenters. The Morgan fingerprint density at radius 3 is 2.17 bits per heavy atom. The molecular formula is C17H18BrNO5. The van der Waals surface area contributed by atoms with Crippen molar-refractivity contribution in [2.45, 2.75) is 0 Å². The minimum Gasteiger partial charge on any atom is -0.467 e. The van der Waals surface area contributed by atoms with Gasteiger partial charge in [0.25, 0.3) is 5.91 Å². The molecule has 0 fully saturated rings. The van der Waals surface area contributed by atoms with Gasteiger partial charge in [-0.25, -0.2) is 0 Å². The minimum absolute atomic E-state index is 0.0172. The van der Waals surface area contributed by atoms with Gasteiger partial charge < -0.3 is 24.7 Å². The summed E-state index contributed by atoms with van der Waals surface area (Å²) in [4.78, 5) is 12.1. The van der Waals surface area contributed by atoms with Crippen molar-refractivity contribution in [3.8, 4) is 22.6 Å². The lowest BCUT2D eigenvalue weighted by atomic mass is 9.97. The highest BCUT2D eigenvalue weighted by Crippen LogP contribution is 2.43. The van der Waals surface area contributed by atoms with E-state index in [0.29, 0.717) is 21.5 Å². The van der Waals surface area contributed by atoms with Crippen molar-refractivity contribution in [2.75, 3.05) is 27.8 Å². The molecular weight excluding hydrogens is 378 g/mol. The average Bonchev–Trinajstić information content (AvgIpc) is 2.59. The van der Waals surface area contributed by atoms with Crippen LogP contribution in [0.4, 0.5) is 0 Å². The molecule has 7 heteroatoms. The summed E-state index contributed by atoms with van der Waals surface area (Å²) in [5.74, 6) is 0.202. The summed E-state index contributed by atoms with van der Waals surface area (Å²) in [5.41, 5.74) is 7.22. The maximum Gasteiger partial charge on any atom is 0.250 e. The van der Waals surface area contributed by atoms with Crippen molar-refractivity contribution in [1.82, 2.24) is 0 Å². The largest absolute Gasteiger partial charge is 0.467 e. The van der Waals surface area contributed by atoms with Gasteiger partial charge in [-0.15, -0.1) is 0 Å². The van der Waals surface area contributed by atoms with Crippen molar-refractivity contribution in [1.29, 1.82) is 0 Å². The van der Waals surface area contributed by atoms with E-state index < -0.39 is 5.91 Å². The number of ether oxygens (including phenoxy) is 4. The van der Waals surface area contributed by atoms with Crippen LogP contribution in [-0.4, -0.2) is 33.7 Å². The van der Waals surface area contributed by atoms with Gasteiger partial charge in [0.15, 0.2) is 13.6 Å². The van der Waals surface area contributed by atoms with Gasteiger partial charge in [0, 0.05) is 25.8 Å². The number of hydrogen-bond donors (Lipinski definition) is 1. The predicted octanol–water partition coefficient (Wildman–Crippen LogP) is 3.18. The van der Waals surface area contributed by atoms with Crippen molar-refractivity contribution < 1.29 is 23.7 Å². The molecule has 0 radical (unpaired) electrons. The molecule has 2 aromatic rings. The Kier molecular flexibility index (Phi) is 6.60. The zero-order chi connectivity index (χ0) is 17.5. The van der Waals surface area contributed by atoms with E-state index in [-0.39, 0.29) is 19.1 Å². The number of hydrogen-bond acceptors (Lipinski definition) is 5. The summed E-state index contributed by atoms with van der Waals surface area (Å²) in [6.07, 6.45) is 0. The van der Waals surface area contributed by atoms with E-state index in [1.165, 1.54) is 14.2 Å². The fraction of sp³-hybridized carbons (Fsp3) is 0.235. The molecule has 0 bridgehead atoms. The lowest BCUT2D eigenvalue weighted by Gasteiger charge is -2.18. The molecule has 0 saturated heterocycles. The first-order valence-electron chi connectivity index (χ1n) is 7.05. The second-order valence-electron chi connectivity index (χ2n) is 4.77. The van der Waals surface area contributed by atoms with E-state index in [4.69, 9.17) is 24.7 Å². The van der Waals surface area contributed by atoms with Crippen LogP contribution in [0.2, 0.25) is 0 Å². The smallest absolute Gasteiger partial charge is 0.250 e. The van der Waals surface area contributed by atoms with E-state index in [9.17, 15) is 4.79 Å². The first-order valence-corrected chi connectivity index (χ1v) is 7.84. The lowest BCUT2D eigenvalue weighted by molar-refractivity contribution is 0.0457. The Bertz CT molecular complexity index is 706. The van der Waals surface area contributed by atoms with E-state index >= 15 is 0 Å². The number of carbonyl (C=O) groups excluding carboxylic acids is 1. The van der Waals surface area contributed by atoms with Gasteiger partial charge in [0.1, 0.15) is 11.5 Å². The Morgan fingerprint density at radius 1 is 1.04 bits per heavy atom. The molecule has 0 aliphatic heterocycles. The van der Waals surface area contributed by atoms with Crippen LogP contribution >= 0.6 is 15.9 Å². The summed E-state index contributed by atoms with van der Waals surface area (Å²) in [5, 5.41) is 0. The van der Waals surface area contributed by atoms with Crippen LogP contribution < -0.4 is 15.2 Å². The molecule has 1 amide bonds. The SMILES string of the molecule is COCOc1cc(OCOC)c(-c2ccccc2)c(C(N)=O)c1Br. The number of amides is 1. The second-order valence-corrected chi connectivity index (χ2v) is 5.56. The summed E-state index contributed by atoms with van der Waals surface area (Å²) >= 11 is 3.39. The molecule has 0 spiro atoms. The number of carbonyl (C=O) groups is 1. The topological polar surface area (TPSA) is 80.0 Å². The van der Waals surface area contributed by atoms with Gasteiger partial charge in [-0.05, 0) is 21.5 Å². The molecule has 2 N–H and O–H groups in total. The molecule has 128 valence electrons. The van der Waals surface area contributed by atoms with Crippen LogP contribution in [0.25, 0.3) is 11.1 Å². The molecule has 2 rings (SSSR count). The number of rotatable bonds is 8. The van der Waals surface area contributed by atoms with Crippen LogP contribution in [0.5, 0.6) is 11.5 Å². The zero-order valence-corrected chi connectivity index (χ0v) is 15.0. The first kappa shape index (κ1) is 18.3. The van der Waals surface area contributed by atoms with Gasteiger partial charge >= 0.3 is 0 Å². The Hall–Kier alpha value is -2.09. The predicted molar refractivity (Wildman–Crippen MR) is 93.1 cm³/mol. The Morgan fingerprint density at radius 2 is 1.62 bits per heavy atom. The standard InChI is InChI=1S/C17H18BrNO5/c1-21-9-23-12-8-13(24-10-22-2)16(18)15(17(19)20)14(12)11-6-4-3-5-7-11/h3-8H,9-10H2,1-2H3,(H2,19,20). The first-order chi connectivity index (χ1) is 11.6. The van der Waals surface area contributed by atoms with Gasteiger partial charge in [-0.2, -0.15) is 0 Å². The van der Waals surface area contributed by atoms with E-state index in [2.05, 4.69) is 15.9 Å². The number of nitrogens with two attached hydrogens (primary N) is 1. The molecule has 0 saturated carbocycles. The highest BCUT2D eigenvalue weighted by Gasteiger charge is 2.23. The van der Waals surface area contributed by atoms with Crippen LogP contribution in [0.3, 0.4) is 0 Å². The molecule has 0 aromatic heterocycles. The highest BCUT2D eigenvalue weighted by molar-refractivity contribution is 9.10. The normalized spacial score (nSPS) is 10.5. The average molecular weight is 396 g/mol. The van der Waals surface area contributed by atoms with Gasteiger partial charge in [-0.1, -0.05) is 30.3 Å². The third-order valence-corrected chi connectivity index (χ3v) is 3.96. The van der Waals surface area contributed by atoms with Crippen molar-refractivity contribution in [3.05, 3.63) is 46.4 Å². The summed E-state index contributed by atoms with van der Waals surface area (Å²) < 4.78 is 21.5. The van der Waals surface area contributed by atoms with Crippen molar-refractivity contribution >= 4 is 21.8 Å². The lowest BCUT2D eigenvalue weighted by Crippen LogP contribution is -2.15. The van der Waals surface area contributed by atoms with Crippen LogP contribution in [0.1, 0.15) is 10.4 Å². The van der Waals surface area contributed by atoms with Crippen LogP contribution in [-0.2, 0) is 9.47 Å². The van der Waals surface area contributed by atoms with Gasteiger partial charge in [0.2, 0.25) is 0 Å². The van der Waals surface area contributed by atoms with Gasteiger partial charge in [-0.3, -0.25) is 4.79 Å². The van der Waals surface area contributed by atoms with E-state index in [1.807, 2.05) is 30.3 Å². The molecule has 0 aliphatic rings. The summed E-state index contributed by atoms with van der Waals surface area (Å²) in [6, 6.07) is 11.0. The van der Waals surface area contributed by atoms with Crippen molar-refractivity contribution in [2.24, 2.45) is 5.73 Å². The number of halogens is 1. The molecule has 0 heterocycles. The van der Waals surface area contributed by atoms with E-state index in [1.54, 1.807) is 6.07 Å². The third-order valence-electron chi connectivity index (χ3n) is 3.17. The maximum absolute atomic E-state index is 12.1. The Balaban J connectivity index is 2.68. The van der Waals surface area contributed by atoms with Gasteiger partial charge in [0.05, 0.1) is 10.0 Å². The maximum atomic E-state index is 12.1. The fourth-order valence-electron chi connectivity index (χ4n) is 2.20. The quantitative estimate of drug-likeness (QED) is 0.694. The van der Waals surface area contributed by atoms with E-state index in [0.717, 1.165) is 5.56 Å². The molecule has 0 atom stereocenters. The molecule has 6 nitrogen and oxygen atoms in total. The molecule has 0 aliphatic carbocycles. The second kappa shape index (κ2) is 8.68. The fourth-order valence-corrected chi connectivity index (χ4v) is 2.82. The minimum atomic E-state index is -0.606. The number of methoxy groups -OCH3 is 2. The van der Waals surface area contributed by atoms with Crippen LogP contribution in [0.15, 0.2) is 40.9 Å². The number of benzene rings is 2. The monoisotopic (exact) mass is 395 g/mol.